The summed E-state index contributed by atoms with van der Waals surface area (Å²) in [7, 11) is 0. The van der Waals surface area contributed by atoms with E-state index in [9.17, 15) is 24.0 Å². The molecule has 1 aliphatic heterocycles. The van der Waals surface area contributed by atoms with Crippen molar-refractivity contribution in [3.05, 3.63) is 66.0 Å². The summed E-state index contributed by atoms with van der Waals surface area (Å²) in [5.74, 6) is -4.64. The molecular formula is C26H30N4O5. The molecule has 0 bridgehead atoms. The Balaban J connectivity index is 1.72. The molecule has 0 saturated carbocycles. The largest absolute Gasteiger partial charge is 0.348 e. The first-order valence-electron chi connectivity index (χ1n) is 11.6. The van der Waals surface area contributed by atoms with E-state index in [1.165, 1.54) is 6.92 Å². The highest BCUT2D eigenvalue weighted by atomic mass is 16.2. The number of Topliss-reactive ketones (excluding diaryl/α,β-unsaturated/α-hetero) is 1. The van der Waals surface area contributed by atoms with Gasteiger partial charge in [-0.1, -0.05) is 57.2 Å². The zero-order valence-electron chi connectivity index (χ0n) is 20.0. The summed E-state index contributed by atoms with van der Waals surface area (Å²) < 4.78 is 0. The predicted octanol–water partition coefficient (Wildman–Crippen LogP) is 1.49. The summed E-state index contributed by atoms with van der Waals surface area (Å²) in [6, 6.07) is 12.8. The van der Waals surface area contributed by atoms with E-state index in [0.717, 1.165) is 5.56 Å². The lowest BCUT2D eigenvalue weighted by molar-refractivity contribution is -0.137. The maximum Gasteiger partial charge on any atom is 0.238 e. The molecule has 3 N–H and O–H groups in total. The van der Waals surface area contributed by atoms with Crippen LogP contribution in [0.5, 0.6) is 0 Å². The van der Waals surface area contributed by atoms with Crippen LogP contribution in [0.2, 0.25) is 0 Å². The number of ketones is 1. The molecule has 0 unspecified atom stereocenters. The van der Waals surface area contributed by atoms with Gasteiger partial charge >= 0.3 is 0 Å². The third-order valence-electron chi connectivity index (χ3n) is 6.03. The number of carbonyl (C=O) groups excluding carboxylic acids is 5. The van der Waals surface area contributed by atoms with Gasteiger partial charge in [-0.25, -0.2) is 0 Å². The van der Waals surface area contributed by atoms with E-state index in [-0.39, 0.29) is 24.7 Å². The Morgan fingerprint density at radius 2 is 1.63 bits per heavy atom. The quantitative estimate of drug-likeness (QED) is 0.350. The maximum atomic E-state index is 13.1. The highest BCUT2D eigenvalue weighted by molar-refractivity contribution is 6.16. The fraction of sp³-hybridized carbons (Fsp3) is 0.385. The van der Waals surface area contributed by atoms with Gasteiger partial charge in [0.25, 0.3) is 0 Å². The minimum atomic E-state index is -1.14. The molecule has 4 amide bonds. The molecule has 1 aromatic heterocycles. The van der Waals surface area contributed by atoms with E-state index >= 15 is 0 Å². The molecule has 1 fully saturated rings. The van der Waals surface area contributed by atoms with Crippen LogP contribution in [0.25, 0.3) is 0 Å². The molecule has 2 aromatic rings. The van der Waals surface area contributed by atoms with Crippen molar-refractivity contribution < 1.29 is 24.0 Å². The Morgan fingerprint density at radius 3 is 2.20 bits per heavy atom. The average molecular weight is 479 g/mol. The molecule has 35 heavy (non-hydrogen) atoms. The average Bonchev–Trinajstić information content (AvgIpc) is 3.08. The second-order valence-corrected chi connectivity index (χ2v) is 9.04. The SMILES string of the molecule is CC(C)[C@@H](NC(=O)C[C@H](NC(=O)Cc1ccccn1)c1ccccc1)C(=O)[C@@H]1C(=O)NC(=O)[C@H]1C. The van der Waals surface area contributed by atoms with Crippen molar-refractivity contribution in [2.45, 2.75) is 45.7 Å². The van der Waals surface area contributed by atoms with Crippen LogP contribution in [0.1, 0.15) is 44.5 Å². The third kappa shape index (κ3) is 6.59. The molecule has 2 heterocycles. The Bertz CT molecular complexity index is 1090. The van der Waals surface area contributed by atoms with Crippen LogP contribution in [0.4, 0.5) is 0 Å². The van der Waals surface area contributed by atoms with Crippen molar-refractivity contribution >= 4 is 29.4 Å². The predicted molar refractivity (Wildman–Crippen MR) is 127 cm³/mol. The highest BCUT2D eigenvalue weighted by Crippen LogP contribution is 2.24. The van der Waals surface area contributed by atoms with Crippen molar-refractivity contribution in [2.24, 2.45) is 17.8 Å². The van der Waals surface area contributed by atoms with E-state index in [1.807, 2.05) is 18.2 Å². The molecule has 0 radical (unpaired) electrons. The van der Waals surface area contributed by atoms with Crippen LogP contribution in [0.3, 0.4) is 0 Å². The van der Waals surface area contributed by atoms with Crippen LogP contribution in [-0.4, -0.2) is 40.4 Å². The molecule has 3 rings (SSSR count). The molecule has 1 aliphatic rings. The van der Waals surface area contributed by atoms with Gasteiger partial charge in [0.05, 0.1) is 30.8 Å². The normalized spacial score (nSPS) is 19.1. The van der Waals surface area contributed by atoms with Crippen LogP contribution >= 0.6 is 0 Å². The number of hydrogen-bond acceptors (Lipinski definition) is 6. The summed E-state index contributed by atoms with van der Waals surface area (Å²) in [6.45, 7) is 5.03. The second-order valence-electron chi connectivity index (χ2n) is 9.04. The maximum absolute atomic E-state index is 13.1. The van der Waals surface area contributed by atoms with Gasteiger partial charge in [-0.15, -0.1) is 0 Å². The van der Waals surface area contributed by atoms with E-state index in [2.05, 4.69) is 20.9 Å². The topological polar surface area (TPSA) is 134 Å². The van der Waals surface area contributed by atoms with E-state index < -0.39 is 47.4 Å². The number of aromatic nitrogens is 1. The van der Waals surface area contributed by atoms with Gasteiger partial charge in [0.15, 0.2) is 5.78 Å². The number of carbonyl (C=O) groups is 5. The van der Waals surface area contributed by atoms with Crippen molar-refractivity contribution in [3.8, 4) is 0 Å². The number of hydrogen-bond donors (Lipinski definition) is 3. The molecule has 0 spiro atoms. The Labute approximate surface area is 204 Å². The molecule has 9 nitrogen and oxygen atoms in total. The number of imide groups is 1. The summed E-state index contributed by atoms with van der Waals surface area (Å²) in [4.78, 5) is 67.0. The molecule has 1 aromatic carbocycles. The number of pyridine rings is 1. The number of nitrogens with zero attached hydrogens (tertiary/aromatic N) is 1. The first-order chi connectivity index (χ1) is 16.7. The fourth-order valence-electron chi connectivity index (χ4n) is 4.09. The lowest BCUT2D eigenvalue weighted by atomic mass is 9.85. The number of nitrogens with one attached hydrogen (secondary N) is 3. The Kier molecular flexibility index (Phi) is 8.46. The van der Waals surface area contributed by atoms with Crippen LogP contribution in [-0.2, 0) is 30.4 Å². The smallest absolute Gasteiger partial charge is 0.238 e. The monoisotopic (exact) mass is 478 g/mol. The van der Waals surface area contributed by atoms with Gasteiger partial charge in [0, 0.05) is 11.9 Å². The second kappa shape index (κ2) is 11.5. The first-order valence-corrected chi connectivity index (χ1v) is 11.6. The Hall–Kier alpha value is -3.88. The van der Waals surface area contributed by atoms with Gasteiger partial charge in [0.2, 0.25) is 23.6 Å². The zero-order chi connectivity index (χ0) is 25.5. The Morgan fingerprint density at radius 1 is 0.943 bits per heavy atom. The van der Waals surface area contributed by atoms with Gasteiger partial charge in [0.1, 0.15) is 5.92 Å². The molecular weight excluding hydrogens is 448 g/mol. The van der Waals surface area contributed by atoms with Gasteiger partial charge in [-0.05, 0) is 23.6 Å². The van der Waals surface area contributed by atoms with E-state index in [4.69, 9.17) is 0 Å². The van der Waals surface area contributed by atoms with Gasteiger partial charge < -0.3 is 10.6 Å². The lowest BCUT2D eigenvalue weighted by Gasteiger charge is -2.26. The minimum Gasteiger partial charge on any atom is -0.348 e. The van der Waals surface area contributed by atoms with E-state index in [0.29, 0.717) is 5.69 Å². The van der Waals surface area contributed by atoms with Gasteiger partial charge in [-0.3, -0.25) is 34.3 Å². The number of amides is 4. The molecule has 9 heteroatoms. The van der Waals surface area contributed by atoms with Crippen molar-refractivity contribution in [2.75, 3.05) is 0 Å². The summed E-state index contributed by atoms with van der Waals surface area (Å²) in [6.07, 6.45) is 1.55. The van der Waals surface area contributed by atoms with Crippen LogP contribution in [0.15, 0.2) is 54.7 Å². The van der Waals surface area contributed by atoms with Gasteiger partial charge in [-0.2, -0.15) is 0 Å². The van der Waals surface area contributed by atoms with Crippen LogP contribution in [0, 0.1) is 17.8 Å². The summed E-state index contributed by atoms with van der Waals surface area (Å²) >= 11 is 0. The highest BCUT2D eigenvalue weighted by Gasteiger charge is 2.46. The van der Waals surface area contributed by atoms with Crippen LogP contribution < -0.4 is 16.0 Å². The lowest BCUT2D eigenvalue weighted by Crippen LogP contribution is -2.49. The van der Waals surface area contributed by atoms with E-state index in [1.54, 1.807) is 50.4 Å². The fourth-order valence-corrected chi connectivity index (χ4v) is 4.09. The summed E-state index contributed by atoms with van der Waals surface area (Å²) in [5, 5.41) is 7.79. The van der Waals surface area contributed by atoms with Crippen molar-refractivity contribution in [1.82, 2.24) is 20.9 Å². The zero-order valence-corrected chi connectivity index (χ0v) is 20.0. The molecule has 184 valence electrons. The standard InChI is InChI=1S/C26H30N4O5/c1-15(2)23(24(33)22-16(3)25(34)30-26(22)35)29-21(32)14-19(17-9-5-4-6-10-17)28-20(31)13-18-11-7-8-12-27-18/h4-12,15-16,19,22-23H,13-14H2,1-3H3,(H,28,31)(H,29,32)(H,30,34,35)/t16-,19-,22+,23+/m0/s1. The minimum absolute atomic E-state index is 0.0571. The van der Waals surface area contributed by atoms with Crippen molar-refractivity contribution in [1.29, 1.82) is 0 Å². The number of benzene rings is 1. The molecule has 1 saturated heterocycles. The summed E-state index contributed by atoms with van der Waals surface area (Å²) in [5.41, 5.74) is 1.34. The first kappa shape index (κ1) is 25.7. The number of rotatable bonds is 10. The molecule has 0 aliphatic carbocycles. The molecule has 4 atom stereocenters. The third-order valence-corrected chi connectivity index (χ3v) is 6.03. The van der Waals surface area contributed by atoms with Crippen molar-refractivity contribution in [3.63, 3.8) is 0 Å².